The van der Waals surface area contributed by atoms with E-state index in [1.807, 2.05) is 7.05 Å². The molecular weight excluding hydrogens is 260 g/mol. The zero-order chi connectivity index (χ0) is 14.5. The lowest BCUT2D eigenvalue weighted by Crippen LogP contribution is -2.50. The molecule has 0 aromatic rings. The van der Waals surface area contributed by atoms with Crippen LogP contribution < -0.4 is 10.6 Å². The Labute approximate surface area is 129 Å². The molecule has 120 valence electrons. The van der Waals surface area contributed by atoms with Crippen LogP contribution in [0.1, 0.15) is 57.8 Å². The van der Waals surface area contributed by atoms with Crippen molar-refractivity contribution in [2.45, 2.75) is 69.9 Å². The second-order valence-corrected chi connectivity index (χ2v) is 7.12. The minimum atomic E-state index is 0.606. The predicted octanol–water partition coefficient (Wildman–Crippen LogP) is 2.36. The van der Waals surface area contributed by atoms with Gasteiger partial charge in [-0.3, -0.25) is 4.99 Å². The summed E-state index contributed by atoms with van der Waals surface area (Å²) in [6.07, 6.45) is 12.5. The number of aliphatic imine (C=N–C) groups is 1. The Morgan fingerprint density at radius 2 is 1.76 bits per heavy atom. The summed E-state index contributed by atoms with van der Waals surface area (Å²) in [6.45, 7) is 3.61. The van der Waals surface area contributed by atoms with E-state index in [-0.39, 0.29) is 0 Å². The molecule has 0 bridgehead atoms. The number of guanidine groups is 1. The summed E-state index contributed by atoms with van der Waals surface area (Å²) in [6, 6.07) is 1.50. The number of rotatable bonds is 5. The lowest BCUT2D eigenvalue weighted by atomic mass is 10.0. The maximum absolute atomic E-state index is 4.38. The van der Waals surface area contributed by atoms with Crippen LogP contribution >= 0.6 is 0 Å². The minimum absolute atomic E-state index is 0.606. The normalized spacial score (nSPS) is 26.2. The molecular formula is C17H32N4. The van der Waals surface area contributed by atoms with Gasteiger partial charge < -0.3 is 15.5 Å². The maximum atomic E-state index is 4.38. The first-order valence-electron chi connectivity index (χ1n) is 9.06. The summed E-state index contributed by atoms with van der Waals surface area (Å²) < 4.78 is 0. The molecule has 1 heterocycles. The third-order valence-corrected chi connectivity index (χ3v) is 5.48. The Morgan fingerprint density at radius 1 is 1.05 bits per heavy atom. The van der Waals surface area contributed by atoms with Gasteiger partial charge in [0.25, 0.3) is 0 Å². The zero-order valence-electron chi connectivity index (χ0n) is 13.6. The van der Waals surface area contributed by atoms with Crippen molar-refractivity contribution >= 4 is 5.96 Å². The smallest absolute Gasteiger partial charge is 0.191 e. The van der Waals surface area contributed by atoms with Crippen LogP contribution in [0.4, 0.5) is 0 Å². The van der Waals surface area contributed by atoms with Gasteiger partial charge >= 0.3 is 0 Å². The molecule has 0 atom stereocenters. The van der Waals surface area contributed by atoms with Gasteiger partial charge in [-0.25, -0.2) is 0 Å². The van der Waals surface area contributed by atoms with Crippen LogP contribution in [-0.4, -0.2) is 49.6 Å². The number of piperidine rings is 1. The minimum Gasteiger partial charge on any atom is -0.356 e. The molecule has 0 aromatic heterocycles. The molecule has 0 unspecified atom stereocenters. The Morgan fingerprint density at radius 3 is 2.38 bits per heavy atom. The maximum Gasteiger partial charge on any atom is 0.191 e. The van der Waals surface area contributed by atoms with Gasteiger partial charge in [-0.1, -0.05) is 25.7 Å². The summed E-state index contributed by atoms with van der Waals surface area (Å²) in [4.78, 5) is 7.11. The van der Waals surface area contributed by atoms with Crippen molar-refractivity contribution < 1.29 is 0 Å². The molecule has 3 fully saturated rings. The van der Waals surface area contributed by atoms with Gasteiger partial charge in [-0.05, 0) is 38.0 Å². The molecule has 2 saturated carbocycles. The van der Waals surface area contributed by atoms with E-state index >= 15 is 0 Å². The van der Waals surface area contributed by atoms with Gasteiger partial charge in [-0.15, -0.1) is 0 Å². The van der Waals surface area contributed by atoms with E-state index in [4.69, 9.17) is 0 Å². The summed E-state index contributed by atoms with van der Waals surface area (Å²) in [5.41, 5.74) is 0. The lowest BCUT2D eigenvalue weighted by molar-refractivity contribution is 0.150. The number of hydrogen-bond donors (Lipinski definition) is 2. The molecule has 3 rings (SSSR count). The lowest BCUT2D eigenvalue weighted by Gasteiger charge is -2.36. The SMILES string of the molecule is CN=C(NCCC1CC1)NC1CCN(C2CCCC2)CC1. The molecule has 4 heteroatoms. The molecule has 3 aliphatic rings. The van der Waals surface area contributed by atoms with Gasteiger partial charge in [0.05, 0.1) is 0 Å². The highest BCUT2D eigenvalue weighted by atomic mass is 15.2. The summed E-state index contributed by atoms with van der Waals surface area (Å²) in [5.74, 6) is 2.00. The molecule has 1 saturated heterocycles. The van der Waals surface area contributed by atoms with Crippen LogP contribution in [0.2, 0.25) is 0 Å². The number of likely N-dealkylation sites (tertiary alicyclic amines) is 1. The summed E-state index contributed by atoms with van der Waals surface area (Å²) >= 11 is 0. The third-order valence-electron chi connectivity index (χ3n) is 5.48. The van der Waals surface area contributed by atoms with Crippen molar-refractivity contribution in [1.82, 2.24) is 15.5 Å². The highest BCUT2D eigenvalue weighted by Gasteiger charge is 2.27. The second-order valence-electron chi connectivity index (χ2n) is 7.12. The Hall–Kier alpha value is -0.770. The van der Waals surface area contributed by atoms with E-state index in [0.717, 1.165) is 24.5 Å². The van der Waals surface area contributed by atoms with Gasteiger partial charge in [0.15, 0.2) is 5.96 Å². The Bertz CT molecular complexity index is 337. The summed E-state index contributed by atoms with van der Waals surface area (Å²) in [7, 11) is 1.89. The first kappa shape index (κ1) is 15.1. The first-order chi connectivity index (χ1) is 10.3. The van der Waals surface area contributed by atoms with Gasteiger partial charge in [0.2, 0.25) is 0 Å². The van der Waals surface area contributed by atoms with E-state index in [9.17, 15) is 0 Å². The molecule has 0 spiro atoms. The van der Waals surface area contributed by atoms with Crippen LogP contribution in [0.15, 0.2) is 4.99 Å². The summed E-state index contributed by atoms with van der Waals surface area (Å²) in [5, 5.41) is 7.10. The fraction of sp³-hybridized carbons (Fsp3) is 0.941. The molecule has 0 amide bonds. The van der Waals surface area contributed by atoms with E-state index in [1.165, 1.54) is 70.9 Å². The standard InChI is InChI=1S/C17H32N4/c1-18-17(19-11-8-14-6-7-14)20-15-9-12-21(13-10-15)16-4-2-3-5-16/h14-16H,2-13H2,1H3,(H2,18,19,20). The van der Waals surface area contributed by atoms with Gasteiger partial charge in [-0.2, -0.15) is 0 Å². The highest BCUT2D eigenvalue weighted by Crippen LogP contribution is 2.31. The van der Waals surface area contributed by atoms with E-state index in [2.05, 4.69) is 20.5 Å². The number of nitrogens with zero attached hydrogens (tertiary/aromatic N) is 2. The highest BCUT2D eigenvalue weighted by molar-refractivity contribution is 5.79. The van der Waals surface area contributed by atoms with E-state index < -0.39 is 0 Å². The molecule has 21 heavy (non-hydrogen) atoms. The molecule has 2 N–H and O–H groups in total. The fourth-order valence-electron chi connectivity index (χ4n) is 3.87. The number of nitrogens with one attached hydrogen (secondary N) is 2. The quantitative estimate of drug-likeness (QED) is 0.603. The largest absolute Gasteiger partial charge is 0.356 e. The Balaban J connectivity index is 1.34. The molecule has 0 aromatic carbocycles. The molecule has 4 nitrogen and oxygen atoms in total. The van der Waals surface area contributed by atoms with Crippen molar-refractivity contribution in [2.75, 3.05) is 26.7 Å². The average molecular weight is 292 g/mol. The van der Waals surface area contributed by atoms with Crippen LogP contribution in [0, 0.1) is 5.92 Å². The van der Waals surface area contributed by atoms with Crippen LogP contribution in [0.5, 0.6) is 0 Å². The van der Waals surface area contributed by atoms with Crippen LogP contribution in [0.25, 0.3) is 0 Å². The zero-order valence-corrected chi connectivity index (χ0v) is 13.6. The topological polar surface area (TPSA) is 39.7 Å². The van der Waals surface area contributed by atoms with Crippen LogP contribution in [-0.2, 0) is 0 Å². The van der Waals surface area contributed by atoms with Gasteiger partial charge in [0, 0.05) is 38.8 Å². The number of hydrogen-bond acceptors (Lipinski definition) is 2. The van der Waals surface area contributed by atoms with E-state index in [1.54, 1.807) is 0 Å². The Kier molecular flexibility index (Phi) is 5.39. The van der Waals surface area contributed by atoms with Crippen molar-refractivity contribution in [2.24, 2.45) is 10.9 Å². The second kappa shape index (κ2) is 7.48. The van der Waals surface area contributed by atoms with Gasteiger partial charge in [0.1, 0.15) is 0 Å². The van der Waals surface area contributed by atoms with Crippen molar-refractivity contribution in [3.05, 3.63) is 0 Å². The van der Waals surface area contributed by atoms with Crippen molar-refractivity contribution in [3.8, 4) is 0 Å². The molecule has 2 aliphatic carbocycles. The van der Waals surface area contributed by atoms with Crippen LogP contribution in [0.3, 0.4) is 0 Å². The average Bonchev–Trinajstić information content (AvgIpc) is 3.18. The first-order valence-corrected chi connectivity index (χ1v) is 9.06. The molecule has 1 aliphatic heterocycles. The third kappa shape index (κ3) is 4.60. The van der Waals surface area contributed by atoms with Crippen molar-refractivity contribution in [1.29, 1.82) is 0 Å². The molecule has 0 radical (unpaired) electrons. The monoisotopic (exact) mass is 292 g/mol. The van der Waals surface area contributed by atoms with E-state index in [0.29, 0.717) is 6.04 Å². The predicted molar refractivity (Wildman–Crippen MR) is 88.7 cm³/mol. The fourth-order valence-corrected chi connectivity index (χ4v) is 3.87. The van der Waals surface area contributed by atoms with Crippen molar-refractivity contribution in [3.63, 3.8) is 0 Å².